The van der Waals surface area contributed by atoms with Gasteiger partial charge in [0.2, 0.25) is 5.91 Å². The van der Waals surface area contributed by atoms with Crippen LogP contribution in [-0.4, -0.2) is 28.5 Å². The molecule has 1 heterocycles. The van der Waals surface area contributed by atoms with Gasteiger partial charge >= 0.3 is 0 Å². The van der Waals surface area contributed by atoms with Crippen LogP contribution in [0.2, 0.25) is 0 Å². The van der Waals surface area contributed by atoms with E-state index in [-0.39, 0.29) is 41.9 Å². The van der Waals surface area contributed by atoms with Crippen LogP contribution >= 0.6 is 11.3 Å². The van der Waals surface area contributed by atoms with Crippen molar-refractivity contribution in [3.8, 4) is 6.07 Å². The van der Waals surface area contributed by atoms with Crippen molar-refractivity contribution in [1.82, 2.24) is 10.3 Å². The van der Waals surface area contributed by atoms with E-state index in [1.807, 2.05) is 43.3 Å². The topological polar surface area (TPSA) is 99.9 Å². The molecule has 3 rings (SSSR count). The molecular weight excluding hydrogens is 494 g/mol. The molecule has 0 bridgehead atoms. The first-order valence-corrected chi connectivity index (χ1v) is 14.0. The highest BCUT2D eigenvalue weighted by molar-refractivity contribution is 7.18. The summed E-state index contributed by atoms with van der Waals surface area (Å²) in [5.41, 5.74) is 3.08. The van der Waals surface area contributed by atoms with Crippen molar-refractivity contribution < 1.29 is 14.4 Å². The van der Waals surface area contributed by atoms with E-state index in [9.17, 15) is 14.4 Å². The number of amides is 1. The number of aromatic nitrogens is 1. The number of nitriles is 1. The second-order valence-electron chi connectivity index (χ2n) is 9.60. The third-order valence-corrected chi connectivity index (χ3v) is 7.60. The minimum Gasteiger partial charge on any atom is -0.353 e. The zero-order valence-electron chi connectivity index (χ0n) is 22.2. The Bertz CT molecular complexity index is 1320. The van der Waals surface area contributed by atoms with Crippen LogP contribution < -0.4 is 5.32 Å². The highest BCUT2D eigenvalue weighted by atomic mass is 32.1. The smallest absolute Gasteiger partial charge is 0.224 e. The van der Waals surface area contributed by atoms with Crippen LogP contribution in [0.3, 0.4) is 0 Å². The summed E-state index contributed by atoms with van der Waals surface area (Å²) in [6.45, 7) is 7.57. The molecule has 0 saturated carbocycles. The number of hydrogen-bond donors (Lipinski definition) is 1. The van der Waals surface area contributed by atoms with E-state index in [0.717, 1.165) is 33.6 Å². The largest absolute Gasteiger partial charge is 0.353 e. The van der Waals surface area contributed by atoms with Gasteiger partial charge in [0.15, 0.2) is 5.78 Å². The molecule has 0 fully saturated rings. The third-order valence-electron chi connectivity index (χ3n) is 6.56. The van der Waals surface area contributed by atoms with Crippen LogP contribution in [0, 0.1) is 17.2 Å². The molecule has 1 aromatic heterocycles. The number of carbonyl (C=O) groups is 3. The number of ketones is 2. The number of thiazole rings is 1. The number of fused-ring (bicyclic) bond motifs is 1. The molecule has 0 aliphatic rings. The Balaban J connectivity index is 1.80. The Kier molecular flexibility index (Phi) is 10.9. The zero-order valence-corrected chi connectivity index (χ0v) is 23.0. The predicted octanol–water partition coefficient (Wildman–Crippen LogP) is 5.93. The molecule has 0 saturated heterocycles. The third kappa shape index (κ3) is 8.46. The van der Waals surface area contributed by atoms with Crippen molar-refractivity contribution in [3.63, 3.8) is 0 Å². The van der Waals surface area contributed by atoms with Gasteiger partial charge in [0.25, 0.3) is 0 Å². The summed E-state index contributed by atoms with van der Waals surface area (Å²) in [7, 11) is 0. The standard InChI is InChI=1S/C31H35N3O3S/c1-4-9-26(35)18-24(19-30-34-27-14-12-22(5-2)17-29(27)38-30)31(37)33-25(13-15-28(36)21(3)20-32)16-23-10-7-6-8-11-23/h6-8,10-12,14,17,24-25H,3-5,9,13,15-16,18-19H2,1-2H3,(H,33,37)/t24-,25+/m0/s1. The van der Waals surface area contributed by atoms with Crippen molar-refractivity contribution in [2.24, 2.45) is 5.92 Å². The SMILES string of the molecule is C=C(C#N)C(=O)CC[C@H](Cc1ccccc1)NC(=O)[C@@H](CC(=O)CCC)Cc1nc2ccc(CC)cc2s1. The molecule has 6 nitrogen and oxygen atoms in total. The van der Waals surface area contributed by atoms with E-state index < -0.39 is 5.92 Å². The van der Waals surface area contributed by atoms with Crippen LogP contribution in [0.15, 0.2) is 60.7 Å². The number of rotatable bonds is 15. The first kappa shape index (κ1) is 28.9. The normalized spacial score (nSPS) is 12.4. The van der Waals surface area contributed by atoms with Crippen molar-refractivity contribution in [2.75, 3.05) is 0 Å². The van der Waals surface area contributed by atoms with E-state index in [4.69, 9.17) is 10.2 Å². The summed E-state index contributed by atoms with van der Waals surface area (Å²) in [5.74, 6) is -1.03. The van der Waals surface area contributed by atoms with Crippen molar-refractivity contribution in [1.29, 1.82) is 5.26 Å². The average Bonchev–Trinajstić information content (AvgIpc) is 3.32. The molecule has 0 radical (unpaired) electrons. The van der Waals surface area contributed by atoms with Crippen LogP contribution in [0.4, 0.5) is 0 Å². The van der Waals surface area contributed by atoms with Gasteiger partial charge in [0, 0.05) is 31.7 Å². The van der Waals surface area contributed by atoms with Gasteiger partial charge in [-0.05, 0) is 48.9 Å². The summed E-state index contributed by atoms with van der Waals surface area (Å²) in [6, 6.07) is 17.4. The molecule has 3 aromatic rings. The first-order valence-electron chi connectivity index (χ1n) is 13.2. The second kappa shape index (κ2) is 14.3. The number of benzene rings is 2. The summed E-state index contributed by atoms with van der Waals surface area (Å²) in [6.07, 6.45) is 3.65. The minimum atomic E-state index is -0.552. The van der Waals surface area contributed by atoms with Gasteiger partial charge in [-0.3, -0.25) is 14.4 Å². The minimum absolute atomic E-state index is 0.0575. The lowest BCUT2D eigenvalue weighted by Gasteiger charge is -2.22. The molecular formula is C31H35N3O3S. The Hall–Kier alpha value is -3.63. The maximum Gasteiger partial charge on any atom is 0.224 e. The number of aryl methyl sites for hydroxylation is 1. The lowest BCUT2D eigenvalue weighted by atomic mass is 9.94. The van der Waals surface area contributed by atoms with E-state index in [1.54, 1.807) is 17.4 Å². The van der Waals surface area contributed by atoms with Gasteiger partial charge in [-0.15, -0.1) is 11.3 Å². The Morgan fingerprint density at radius 2 is 1.82 bits per heavy atom. The number of nitrogens with zero attached hydrogens (tertiary/aromatic N) is 2. The molecule has 1 amide bonds. The number of carbonyl (C=O) groups excluding carboxylic acids is 3. The second-order valence-corrected chi connectivity index (χ2v) is 10.7. The Morgan fingerprint density at radius 3 is 2.50 bits per heavy atom. The molecule has 38 heavy (non-hydrogen) atoms. The van der Waals surface area contributed by atoms with Gasteiger partial charge in [0.05, 0.1) is 26.7 Å². The predicted molar refractivity (Wildman–Crippen MR) is 152 cm³/mol. The lowest BCUT2D eigenvalue weighted by Crippen LogP contribution is -2.41. The maximum absolute atomic E-state index is 13.6. The van der Waals surface area contributed by atoms with Crippen LogP contribution in [0.1, 0.15) is 62.1 Å². The summed E-state index contributed by atoms with van der Waals surface area (Å²) >= 11 is 1.57. The summed E-state index contributed by atoms with van der Waals surface area (Å²) in [5, 5.41) is 12.9. The summed E-state index contributed by atoms with van der Waals surface area (Å²) < 4.78 is 1.08. The number of Topliss-reactive ketones (excluding diaryl/α,β-unsaturated/α-hetero) is 2. The van der Waals surface area contributed by atoms with Crippen LogP contribution in [-0.2, 0) is 33.6 Å². The van der Waals surface area contributed by atoms with E-state index in [1.165, 1.54) is 5.56 Å². The molecule has 198 valence electrons. The average molecular weight is 530 g/mol. The zero-order chi connectivity index (χ0) is 27.5. The van der Waals surface area contributed by atoms with E-state index >= 15 is 0 Å². The van der Waals surface area contributed by atoms with Gasteiger partial charge in [-0.25, -0.2) is 4.98 Å². The lowest BCUT2D eigenvalue weighted by molar-refractivity contribution is -0.130. The fourth-order valence-corrected chi connectivity index (χ4v) is 5.52. The quantitative estimate of drug-likeness (QED) is 0.194. The Morgan fingerprint density at radius 1 is 1.05 bits per heavy atom. The monoisotopic (exact) mass is 529 g/mol. The van der Waals surface area contributed by atoms with Crippen molar-refractivity contribution >= 4 is 39.0 Å². The van der Waals surface area contributed by atoms with E-state index in [0.29, 0.717) is 25.7 Å². The molecule has 0 unspecified atom stereocenters. The summed E-state index contributed by atoms with van der Waals surface area (Å²) in [4.78, 5) is 43.2. The fourth-order valence-electron chi connectivity index (χ4n) is 4.41. The number of hydrogen-bond acceptors (Lipinski definition) is 6. The van der Waals surface area contributed by atoms with Gasteiger partial charge in [-0.1, -0.05) is 56.8 Å². The molecule has 1 N–H and O–H groups in total. The molecule has 2 aromatic carbocycles. The molecule has 0 spiro atoms. The van der Waals surface area contributed by atoms with Crippen molar-refractivity contribution in [2.45, 2.75) is 71.3 Å². The molecule has 7 heteroatoms. The molecule has 2 atom stereocenters. The number of nitrogens with one attached hydrogen (secondary N) is 1. The van der Waals surface area contributed by atoms with Crippen molar-refractivity contribution in [3.05, 3.63) is 76.8 Å². The molecule has 0 aliphatic heterocycles. The highest BCUT2D eigenvalue weighted by Crippen LogP contribution is 2.27. The van der Waals surface area contributed by atoms with Gasteiger partial charge in [0.1, 0.15) is 11.9 Å². The molecule has 0 aliphatic carbocycles. The van der Waals surface area contributed by atoms with Crippen LogP contribution in [0.5, 0.6) is 0 Å². The fraction of sp³-hybridized carbons (Fsp3) is 0.387. The van der Waals surface area contributed by atoms with Gasteiger partial charge in [-0.2, -0.15) is 5.26 Å². The van der Waals surface area contributed by atoms with E-state index in [2.05, 4.69) is 31.0 Å². The van der Waals surface area contributed by atoms with Gasteiger partial charge < -0.3 is 5.32 Å². The number of allylic oxidation sites excluding steroid dienone is 1. The highest BCUT2D eigenvalue weighted by Gasteiger charge is 2.26. The van der Waals surface area contributed by atoms with Crippen LogP contribution in [0.25, 0.3) is 10.2 Å². The Labute approximate surface area is 228 Å². The first-order chi connectivity index (χ1) is 18.3. The maximum atomic E-state index is 13.6.